The van der Waals surface area contributed by atoms with Gasteiger partial charge < -0.3 is 4.74 Å². The van der Waals surface area contributed by atoms with Crippen molar-refractivity contribution in [3.63, 3.8) is 0 Å². The van der Waals surface area contributed by atoms with Crippen LogP contribution in [0.1, 0.15) is 24.5 Å². The van der Waals surface area contributed by atoms with Crippen LogP contribution in [0, 0.1) is 12.7 Å². The zero-order valence-electron chi connectivity index (χ0n) is 11.0. The first-order chi connectivity index (χ1) is 8.92. The van der Waals surface area contributed by atoms with Crippen molar-refractivity contribution >= 4 is 10.0 Å². The molecule has 1 aliphatic heterocycles. The van der Waals surface area contributed by atoms with E-state index >= 15 is 0 Å². The molecule has 0 aromatic heterocycles. The first-order valence-electron chi connectivity index (χ1n) is 6.26. The number of nitrogens with one attached hydrogen (secondary N) is 1. The topological polar surface area (TPSA) is 55.4 Å². The van der Waals surface area contributed by atoms with Crippen molar-refractivity contribution in [3.8, 4) is 0 Å². The Balaban J connectivity index is 2.10. The first kappa shape index (κ1) is 14.4. The van der Waals surface area contributed by atoms with Crippen LogP contribution in [0.2, 0.25) is 0 Å². The summed E-state index contributed by atoms with van der Waals surface area (Å²) >= 11 is 0. The van der Waals surface area contributed by atoms with Gasteiger partial charge in [-0.15, -0.1) is 0 Å². The molecule has 2 rings (SSSR count). The molecule has 0 spiro atoms. The molecular weight excluding hydrogens is 269 g/mol. The fraction of sp³-hybridized carbons (Fsp3) is 0.538. The standard InChI is InChI=1S/C13H18FNO3S/c1-9-4-3-5-12(14)11(9)8-15-19(16,17)13-6-7-18-10(13)2/h3-5,10,13,15H,6-8H2,1-2H3. The lowest BCUT2D eigenvalue weighted by molar-refractivity contribution is 0.126. The summed E-state index contributed by atoms with van der Waals surface area (Å²) in [6, 6.07) is 4.70. The van der Waals surface area contributed by atoms with Crippen molar-refractivity contribution in [2.75, 3.05) is 6.61 Å². The van der Waals surface area contributed by atoms with Gasteiger partial charge in [0.25, 0.3) is 0 Å². The van der Waals surface area contributed by atoms with Crippen LogP contribution in [-0.4, -0.2) is 26.4 Å². The van der Waals surface area contributed by atoms with Gasteiger partial charge in [-0.25, -0.2) is 17.5 Å². The van der Waals surface area contributed by atoms with Crippen molar-refractivity contribution in [1.29, 1.82) is 0 Å². The molecule has 0 saturated carbocycles. The average Bonchev–Trinajstić information content (AvgIpc) is 2.75. The third-order valence-corrected chi connectivity index (χ3v) is 5.47. The summed E-state index contributed by atoms with van der Waals surface area (Å²) in [5.41, 5.74) is 1.12. The van der Waals surface area contributed by atoms with E-state index in [1.807, 2.05) is 0 Å². The summed E-state index contributed by atoms with van der Waals surface area (Å²) in [6.45, 7) is 3.93. The molecule has 2 unspecified atom stereocenters. The van der Waals surface area contributed by atoms with Crippen LogP contribution in [-0.2, 0) is 21.3 Å². The lowest BCUT2D eigenvalue weighted by atomic mass is 10.1. The molecule has 1 aliphatic rings. The van der Waals surface area contributed by atoms with Crippen LogP contribution in [0.3, 0.4) is 0 Å². The Morgan fingerprint density at radius 3 is 2.79 bits per heavy atom. The van der Waals surface area contributed by atoms with Gasteiger partial charge in [-0.2, -0.15) is 0 Å². The monoisotopic (exact) mass is 287 g/mol. The van der Waals surface area contributed by atoms with Crippen LogP contribution in [0.4, 0.5) is 4.39 Å². The molecule has 0 aliphatic carbocycles. The maximum Gasteiger partial charge on any atom is 0.217 e. The SMILES string of the molecule is Cc1cccc(F)c1CNS(=O)(=O)C1CCOC1C. The normalized spacial score (nSPS) is 23.7. The molecule has 1 saturated heterocycles. The predicted molar refractivity (Wildman–Crippen MR) is 70.7 cm³/mol. The third-order valence-electron chi connectivity index (χ3n) is 3.51. The molecule has 1 heterocycles. The molecule has 19 heavy (non-hydrogen) atoms. The Morgan fingerprint density at radius 1 is 1.47 bits per heavy atom. The maximum atomic E-state index is 13.6. The molecular formula is C13H18FNO3S. The van der Waals surface area contributed by atoms with Crippen molar-refractivity contribution in [3.05, 3.63) is 35.1 Å². The highest BCUT2D eigenvalue weighted by molar-refractivity contribution is 7.90. The summed E-state index contributed by atoms with van der Waals surface area (Å²) in [5, 5.41) is -0.556. The first-order valence-corrected chi connectivity index (χ1v) is 7.80. The Morgan fingerprint density at radius 2 is 2.21 bits per heavy atom. The molecule has 6 heteroatoms. The number of halogens is 1. The van der Waals surface area contributed by atoms with Crippen LogP contribution in [0.15, 0.2) is 18.2 Å². The second-order valence-electron chi connectivity index (χ2n) is 4.80. The van der Waals surface area contributed by atoms with Gasteiger partial charge in [0.15, 0.2) is 0 Å². The summed E-state index contributed by atoms with van der Waals surface area (Å²) in [4.78, 5) is 0. The van der Waals surface area contributed by atoms with Gasteiger partial charge in [-0.1, -0.05) is 12.1 Å². The van der Waals surface area contributed by atoms with Gasteiger partial charge in [0, 0.05) is 18.7 Å². The van der Waals surface area contributed by atoms with E-state index in [0.29, 0.717) is 18.6 Å². The minimum atomic E-state index is -3.48. The number of hydrogen-bond acceptors (Lipinski definition) is 3. The summed E-state index contributed by atoms with van der Waals surface area (Å²) < 4.78 is 45.6. The van der Waals surface area contributed by atoms with Crippen molar-refractivity contribution < 1.29 is 17.5 Å². The van der Waals surface area contributed by atoms with Crippen LogP contribution >= 0.6 is 0 Å². The molecule has 2 atom stereocenters. The Hall–Kier alpha value is -0.980. The van der Waals surface area contributed by atoms with E-state index in [4.69, 9.17) is 4.74 Å². The fourth-order valence-electron chi connectivity index (χ4n) is 2.29. The zero-order valence-corrected chi connectivity index (χ0v) is 11.8. The van der Waals surface area contributed by atoms with E-state index < -0.39 is 21.1 Å². The molecule has 0 bridgehead atoms. The third kappa shape index (κ3) is 3.13. The lowest BCUT2D eigenvalue weighted by Gasteiger charge is -2.16. The summed E-state index contributed by atoms with van der Waals surface area (Å²) in [6.07, 6.45) is 0.159. The highest BCUT2D eigenvalue weighted by Crippen LogP contribution is 2.21. The fourth-order valence-corrected chi connectivity index (χ4v) is 3.84. The van der Waals surface area contributed by atoms with E-state index in [-0.39, 0.29) is 12.6 Å². The second kappa shape index (κ2) is 5.56. The van der Waals surface area contributed by atoms with Gasteiger partial charge >= 0.3 is 0 Å². The molecule has 106 valence electrons. The number of benzene rings is 1. The van der Waals surface area contributed by atoms with E-state index in [2.05, 4.69) is 4.72 Å². The Bertz CT molecular complexity index is 539. The second-order valence-corrected chi connectivity index (χ2v) is 6.79. The van der Waals surface area contributed by atoms with Gasteiger partial charge in [0.1, 0.15) is 11.1 Å². The minimum Gasteiger partial charge on any atom is -0.377 e. The zero-order chi connectivity index (χ0) is 14.0. The maximum absolute atomic E-state index is 13.6. The van der Waals surface area contributed by atoms with Crippen LogP contribution in [0.5, 0.6) is 0 Å². The summed E-state index contributed by atoms with van der Waals surface area (Å²) in [5.74, 6) is -0.390. The highest BCUT2D eigenvalue weighted by atomic mass is 32.2. The Labute approximate surface area is 113 Å². The van der Waals surface area contributed by atoms with E-state index in [1.54, 1.807) is 26.0 Å². The average molecular weight is 287 g/mol. The minimum absolute atomic E-state index is 0.0237. The molecule has 0 amide bonds. The smallest absolute Gasteiger partial charge is 0.217 e. The molecule has 1 fully saturated rings. The van der Waals surface area contributed by atoms with Gasteiger partial charge in [-0.05, 0) is 31.9 Å². The number of hydrogen-bond donors (Lipinski definition) is 1. The van der Waals surface area contributed by atoms with E-state index in [0.717, 1.165) is 5.56 Å². The van der Waals surface area contributed by atoms with Gasteiger partial charge in [0.2, 0.25) is 10.0 Å². The number of ether oxygens (including phenoxy) is 1. The van der Waals surface area contributed by atoms with Crippen molar-refractivity contribution in [2.24, 2.45) is 0 Å². The Kier molecular flexibility index (Phi) is 4.23. The number of rotatable bonds is 4. The highest BCUT2D eigenvalue weighted by Gasteiger charge is 2.35. The van der Waals surface area contributed by atoms with Crippen molar-refractivity contribution in [1.82, 2.24) is 4.72 Å². The molecule has 1 N–H and O–H groups in total. The number of aryl methyl sites for hydroxylation is 1. The molecule has 4 nitrogen and oxygen atoms in total. The van der Waals surface area contributed by atoms with Gasteiger partial charge in [-0.3, -0.25) is 0 Å². The number of sulfonamides is 1. The van der Waals surface area contributed by atoms with Crippen LogP contribution < -0.4 is 4.72 Å². The largest absolute Gasteiger partial charge is 0.377 e. The summed E-state index contributed by atoms with van der Waals surface area (Å²) in [7, 11) is -3.48. The predicted octanol–water partition coefficient (Wildman–Crippen LogP) is 1.73. The van der Waals surface area contributed by atoms with Crippen LogP contribution in [0.25, 0.3) is 0 Å². The van der Waals surface area contributed by atoms with E-state index in [9.17, 15) is 12.8 Å². The van der Waals surface area contributed by atoms with Crippen molar-refractivity contribution in [2.45, 2.75) is 38.2 Å². The van der Waals surface area contributed by atoms with Gasteiger partial charge in [0.05, 0.1) is 6.10 Å². The molecule has 0 radical (unpaired) electrons. The quantitative estimate of drug-likeness (QED) is 0.917. The van der Waals surface area contributed by atoms with E-state index in [1.165, 1.54) is 6.07 Å². The lowest BCUT2D eigenvalue weighted by Crippen LogP contribution is -2.38. The molecule has 1 aromatic rings. The molecule has 1 aromatic carbocycles.